The molecule has 1 N–H and O–H groups in total. The maximum Gasteiger partial charge on any atom is 0.251 e. The summed E-state index contributed by atoms with van der Waals surface area (Å²) in [5.41, 5.74) is 1.43. The molecule has 1 aromatic carbocycles. The van der Waals surface area contributed by atoms with E-state index in [2.05, 4.69) is 20.1 Å². The Labute approximate surface area is 158 Å². The van der Waals surface area contributed by atoms with Crippen LogP contribution in [-0.4, -0.2) is 33.1 Å². The zero-order valence-corrected chi connectivity index (χ0v) is 15.6. The number of carbonyl (C=O) groups excluding carboxylic acids is 2. The molecular formula is C20H25N5O2. The molecule has 1 fully saturated rings. The van der Waals surface area contributed by atoms with Crippen LogP contribution < -0.4 is 10.2 Å². The summed E-state index contributed by atoms with van der Waals surface area (Å²) in [6.45, 7) is 3.60. The third-order valence-electron chi connectivity index (χ3n) is 5.39. The lowest BCUT2D eigenvalue weighted by Gasteiger charge is -2.17. The summed E-state index contributed by atoms with van der Waals surface area (Å²) in [6, 6.07) is 7.01. The van der Waals surface area contributed by atoms with Gasteiger partial charge in [0.25, 0.3) is 5.91 Å². The van der Waals surface area contributed by atoms with Crippen molar-refractivity contribution in [2.45, 2.75) is 58.0 Å². The summed E-state index contributed by atoms with van der Waals surface area (Å²) in [5, 5.41) is 11.6. The predicted molar refractivity (Wildman–Crippen MR) is 101 cm³/mol. The number of fused-ring (bicyclic) bond motifs is 1. The van der Waals surface area contributed by atoms with Gasteiger partial charge in [-0.25, -0.2) is 0 Å². The fourth-order valence-corrected chi connectivity index (χ4v) is 3.89. The van der Waals surface area contributed by atoms with E-state index in [1.165, 1.54) is 6.42 Å². The second-order valence-electron chi connectivity index (χ2n) is 7.33. The molecule has 2 aromatic rings. The molecule has 1 atom stereocenters. The molecular weight excluding hydrogens is 342 g/mol. The van der Waals surface area contributed by atoms with Gasteiger partial charge < -0.3 is 14.8 Å². The molecule has 0 spiro atoms. The molecule has 27 heavy (non-hydrogen) atoms. The standard InChI is InChI=1S/C20H25N5O2/c1-14(19-23-22-17-6-3-2-4-12-25(17)19)21-20(27)15-8-10-16(11-9-15)24-13-5-7-18(24)26/h8-11,14H,2-7,12-13H2,1H3,(H,21,27)/t14-/m0/s1. The molecule has 1 aromatic heterocycles. The maximum absolute atomic E-state index is 12.6. The first kappa shape index (κ1) is 17.7. The Kier molecular flexibility index (Phi) is 4.92. The van der Waals surface area contributed by atoms with Gasteiger partial charge in [-0.2, -0.15) is 0 Å². The van der Waals surface area contributed by atoms with Crippen molar-refractivity contribution >= 4 is 17.5 Å². The number of nitrogens with zero attached hydrogens (tertiary/aromatic N) is 4. The second kappa shape index (κ2) is 7.50. The number of anilines is 1. The Morgan fingerprint density at radius 2 is 1.85 bits per heavy atom. The highest BCUT2D eigenvalue weighted by atomic mass is 16.2. The molecule has 0 unspecified atom stereocenters. The highest BCUT2D eigenvalue weighted by Crippen LogP contribution is 2.22. The third kappa shape index (κ3) is 3.59. The van der Waals surface area contributed by atoms with Gasteiger partial charge in [-0.1, -0.05) is 6.42 Å². The van der Waals surface area contributed by atoms with E-state index < -0.39 is 0 Å². The quantitative estimate of drug-likeness (QED) is 0.901. The van der Waals surface area contributed by atoms with E-state index in [-0.39, 0.29) is 17.9 Å². The molecule has 7 nitrogen and oxygen atoms in total. The van der Waals surface area contributed by atoms with Gasteiger partial charge in [-0.05, 0) is 50.5 Å². The SMILES string of the molecule is C[C@H](NC(=O)c1ccc(N2CCCC2=O)cc1)c1nnc2n1CCCCC2. The number of nitrogens with one attached hydrogen (secondary N) is 1. The fraction of sp³-hybridized carbons (Fsp3) is 0.500. The molecule has 0 radical (unpaired) electrons. The van der Waals surface area contributed by atoms with Crippen LogP contribution in [0.4, 0.5) is 5.69 Å². The second-order valence-corrected chi connectivity index (χ2v) is 7.33. The van der Waals surface area contributed by atoms with Crippen molar-refractivity contribution in [2.24, 2.45) is 0 Å². The van der Waals surface area contributed by atoms with Gasteiger partial charge in [0.1, 0.15) is 5.82 Å². The monoisotopic (exact) mass is 367 g/mol. The van der Waals surface area contributed by atoms with Gasteiger partial charge in [-0.3, -0.25) is 9.59 Å². The number of hydrogen-bond acceptors (Lipinski definition) is 4. The van der Waals surface area contributed by atoms with Crippen LogP contribution in [0.15, 0.2) is 24.3 Å². The van der Waals surface area contributed by atoms with Gasteiger partial charge in [0.2, 0.25) is 5.91 Å². The number of aromatic nitrogens is 3. The number of carbonyl (C=O) groups is 2. The van der Waals surface area contributed by atoms with E-state index >= 15 is 0 Å². The first-order valence-corrected chi connectivity index (χ1v) is 9.77. The van der Waals surface area contributed by atoms with Crippen LogP contribution >= 0.6 is 0 Å². The van der Waals surface area contributed by atoms with Crippen LogP contribution in [0.2, 0.25) is 0 Å². The number of amides is 2. The van der Waals surface area contributed by atoms with E-state index in [0.29, 0.717) is 12.0 Å². The normalized spacial score (nSPS) is 18.1. The number of hydrogen-bond donors (Lipinski definition) is 1. The topological polar surface area (TPSA) is 80.1 Å². The zero-order chi connectivity index (χ0) is 18.8. The molecule has 142 valence electrons. The summed E-state index contributed by atoms with van der Waals surface area (Å²) in [7, 11) is 0. The summed E-state index contributed by atoms with van der Waals surface area (Å²) in [6.07, 6.45) is 5.91. The first-order valence-electron chi connectivity index (χ1n) is 9.77. The van der Waals surface area contributed by atoms with Crippen LogP contribution in [-0.2, 0) is 17.8 Å². The van der Waals surface area contributed by atoms with Gasteiger partial charge >= 0.3 is 0 Å². The molecule has 0 saturated carbocycles. The Morgan fingerprint density at radius 3 is 2.59 bits per heavy atom. The van der Waals surface area contributed by atoms with Gasteiger partial charge in [0, 0.05) is 37.2 Å². The lowest BCUT2D eigenvalue weighted by molar-refractivity contribution is -0.117. The Morgan fingerprint density at radius 1 is 1.04 bits per heavy atom. The van der Waals surface area contributed by atoms with Crippen LogP contribution in [0, 0.1) is 0 Å². The van der Waals surface area contributed by atoms with Gasteiger partial charge in [-0.15, -0.1) is 10.2 Å². The van der Waals surface area contributed by atoms with Crippen LogP contribution in [0.5, 0.6) is 0 Å². The summed E-state index contributed by atoms with van der Waals surface area (Å²) < 4.78 is 2.15. The van der Waals surface area contributed by atoms with Crippen molar-refractivity contribution in [3.63, 3.8) is 0 Å². The van der Waals surface area contributed by atoms with E-state index in [9.17, 15) is 9.59 Å². The molecule has 0 bridgehead atoms. The number of benzene rings is 1. The van der Waals surface area contributed by atoms with E-state index in [4.69, 9.17) is 0 Å². The smallest absolute Gasteiger partial charge is 0.251 e. The Balaban J connectivity index is 1.44. The number of rotatable bonds is 4. The molecule has 7 heteroatoms. The van der Waals surface area contributed by atoms with Crippen molar-refractivity contribution < 1.29 is 9.59 Å². The van der Waals surface area contributed by atoms with Crippen molar-refractivity contribution in [3.05, 3.63) is 41.5 Å². The molecule has 2 aliphatic rings. The Bertz CT molecular complexity index is 843. The lowest BCUT2D eigenvalue weighted by atomic mass is 10.1. The van der Waals surface area contributed by atoms with E-state index in [0.717, 1.165) is 56.1 Å². The van der Waals surface area contributed by atoms with Crippen molar-refractivity contribution in [1.29, 1.82) is 0 Å². The first-order chi connectivity index (χ1) is 13.1. The van der Waals surface area contributed by atoms with Gasteiger partial charge in [0.15, 0.2) is 5.82 Å². The minimum atomic E-state index is -0.211. The largest absolute Gasteiger partial charge is 0.342 e. The number of aryl methyl sites for hydroxylation is 1. The maximum atomic E-state index is 12.6. The molecule has 3 heterocycles. The van der Waals surface area contributed by atoms with Crippen LogP contribution in [0.25, 0.3) is 0 Å². The predicted octanol–water partition coefficient (Wildman–Crippen LogP) is 2.62. The Hall–Kier alpha value is -2.70. The van der Waals surface area contributed by atoms with Crippen LogP contribution in [0.3, 0.4) is 0 Å². The molecule has 0 aliphatic carbocycles. The average molecular weight is 367 g/mol. The molecule has 4 rings (SSSR count). The van der Waals surface area contributed by atoms with Crippen molar-refractivity contribution in [3.8, 4) is 0 Å². The molecule has 1 saturated heterocycles. The highest BCUT2D eigenvalue weighted by Gasteiger charge is 2.23. The minimum absolute atomic E-state index is 0.146. The summed E-state index contributed by atoms with van der Waals surface area (Å²) in [5.74, 6) is 1.84. The van der Waals surface area contributed by atoms with Crippen LogP contribution in [0.1, 0.15) is 67.1 Å². The third-order valence-corrected chi connectivity index (χ3v) is 5.39. The summed E-state index contributed by atoms with van der Waals surface area (Å²) in [4.78, 5) is 26.3. The fourth-order valence-electron chi connectivity index (χ4n) is 3.89. The van der Waals surface area contributed by atoms with E-state index in [1.54, 1.807) is 17.0 Å². The zero-order valence-electron chi connectivity index (χ0n) is 15.6. The lowest BCUT2D eigenvalue weighted by Crippen LogP contribution is -2.29. The molecule has 2 aliphatic heterocycles. The molecule has 2 amide bonds. The van der Waals surface area contributed by atoms with Crippen molar-refractivity contribution in [2.75, 3.05) is 11.4 Å². The van der Waals surface area contributed by atoms with Crippen molar-refractivity contribution in [1.82, 2.24) is 20.1 Å². The summed E-state index contributed by atoms with van der Waals surface area (Å²) >= 11 is 0. The average Bonchev–Trinajstić information content (AvgIpc) is 3.21. The minimum Gasteiger partial charge on any atom is -0.342 e. The highest BCUT2D eigenvalue weighted by molar-refractivity contribution is 5.97. The van der Waals surface area contributed by atoms with E-state index in [1.807, 2.05) is 19.1 Å². The van der Waals surface area contributed by atoms with Gasteiger partial charge in [0.05, 0.1) is 6.04 Å².